The first kappa shape index (κ1) is 16.3. The molecule has 1 heterocycles. The minimum Gasteiger partial charge on any atom is -0.459 e. The number of carbonyl (C=O) groups is 1. The summed E-state index contributed by atoms with van der Waals surface area (Å²) >= 11 is 0. The van der Waals surface area contributed by atoms with Gasteiger partial charge < -0.3 is 9.73 Å². The summed E-state index contributed by atoms with van der Waals surface area (Å²) in [6, 6.07) is 11.2. The van der Waals surface area contributed by atoms with E-state index in [0.29, 0.717) is 13.0 Å². The van der Waals surface area contributed by atoms with Gasteiger partial charge in [0, 0.05) is 18.7 Å². The molecule has 0 aliphatic rings. The predicted octanol–water partition coefficient (Wildman–Crippen LogP) is 1.62. The van der Waals surface area contributed by atoms with E-state index >= 15 is 0 Å². The van der Waals surface area contributed by atoms with Gasteiger partial charge in [0.2, 0.25) is 10.0 Å². The quantitative estimate of drug-likeness (QED) is 0.758. The van der Waals surface area contributed by atoms with Gasteiger partial charge in [-0.1, -0.05) is 30.3 Å². The van der Waals surface area contributed by atoms with Gasteiger partial charge in [-0.3, -0.25) is 4.79 Å². The van der Waals surface area contributed by atoms with Crippen LogP contribution in [0.15, 0.2) is 47.1 Å². The molecule has 0 bridgehead atoms. The smallest absolute Gasteiger partial charge is 0.287 e. The van der Waals surface area contributed by atoms with Crippen LogP contribution in [-0.2, 0) is 10.0 Å². The normalized spacial score (nSPS) is 11.3. The Morgan fingerprint density at radius 2 is 1.86 bits per heavy atom. The number of amides is 1. The Balaban J connectivity index is 1.90. The maximum absolute atomic E-state index is 12.1. The van der Waals surface area contributed by atoms with Crippen molar-refractivity contribution in [3.63, 3.8) is 0 Å². The second kappa shape index (κ2) is 7.24. The van der Waals surface area contributed by atoms with Crippen molar-refractivity contribution >= 4 is 15.9 Å². The summed E-state index contributed by atoms with van der Waals surface area (Å²) < 4.78 is 29.4. The molecular formula is C15H18N2O4S. The van der Waals surface area contributed by atoms with Gasteiger partial charge in [0.25, 0.3) is 5.91 Å². The molecule has 0 saturated heterocycles. The zero-order valence-corrected chi connectivity index (χ0v) is 13.0. The Bertz CT molecular complexity index is 723. The summed E-state index contributed by atoms with van der Waals surface area (Å²) in [6.45, 7) is 0.638. The van der Waals surface area contributed by atoms with Crippen LogP contribution in [0.1, 0.15) is 17.0 Å². The molecule has 0 radical (unpaired) electrons. The number of carbonyl (C=O) groups excluding carboxylic acids is 1. The van der Waals surface area contributed by atoms with Crippen LogP contribution < -0.4 is 10.0 Å². The van der Waals surface area contributed by atoms with Crippen LogP contribution in [0.4, 0.5) is 0 Å². The van der Waals surface area contributed by atoms with Gasteiger partial charge in [0.15, 0.2) is 5.76 Å². The minimum absolute atomic E-state index is 0.252. The molecule has 1 amide bonds. The van der Waals surface area contributed by atoms with Gasteiger partial charge in [-0.2, -0.15) is 0 Å². The first-order valence-corrected chi connectivity index (χ1v) is 8.72. The highest BCUT2D eigenvalue weighted by atomic mass is 32.2. The summed E-state index contributed by atoms with van der Waals surface area (Å²) in [4.78, 5) is 12.1. The molecule has 0 fully saturated rings. The molecule has 7 heteroatoms. The SMILES string of the molecule is CS(=O)(=O)NCCCNC(=O)c1occc1-c1ccccc1. The number of nitrogens with one attached hydrogen (secondary N) is 2. The van der Waals surface area contributed by atoms with Gasteiger partial charge in [0.05, 0.1) is 12.5 Å². The Morgan fingerprint density at radius 3 is 2.55 bits per heavy atom. The van der Waals surface area contributed by atoms with E-state index in [1.54, 1.807) is 6.07 Å². The Hall–Kier alpha value is -2.12. The van der Waals surface area contributed by atoms with Gasteiger partial charge in [-0.25, -0.2) is 13.1 Å². The van der Waals surface area contributed by atoms with E-state index in [1.807, 2.05) is 30.3 Å². The second-order valence-electron chi connectivity index (χ2n) is 4.81. The molecular weight excluding hydrogens is 304 g/mol. The molecule has 2 N–H and O–H groups in total. The van der Waals surface area contributed by atoms with Gasteiger partial charge in [-0.15, -0.1) is 0 Å². The Labute approximate surface area is 129 Å². The van der Waals surface area contributed by atoms with Gasteiger partial charge in [-0.05, 0) is 18.1 Å². The van der Waals surface area contributed by atoms with Crippen molar-refractivity contribution in [2.75, 3.05) is 19.3 Å². The van der Waals surface area contributed by atoms with Crippen molar-refractivity contribution in [3.8, 4) is 11.1 Å². The highest BCUT2D eigenvalue weighted by molar-refractivity contribution is 7.88. The Morgan fingerprint density at radius 1 is 1.14 bits per heavy atom. The van der Waals surface area contributed by atoms with E-state index < -0.39 is 10.0 Å². The van der Waals surface area contributed by atoms with E-state index in [4.69, 9.17) is 4.42 Å². The lowest BCUT2D eigenvalue weighted by Gasteiger charge is -2.06. The lowest BCUT2D eigenvalue weighted by Crippen LogP contribution is -2.29. The second-order valence-corrected chi connectivity index (χ2v) is 6.64. The maximum Gasteiger partial charge on any atom is 0.287 e. The highest BCUT2D eigenvalue weighted by Gasteiger charge is 2.16. The molecule has 1 aromatic heterocycles. The summed E-state index contributed by atoms with van der Waals surface area (Å²) in [5.74, 6) is -0.0644. The maximum atomic E-state index is 12.1. The van der Waals surface area contributed by atoms with Crippen LogP contribution in [0.25, 0.3) is 11.1 Å². The van der Waals surface area contributed by atoms with Crippen molar-refractivity contribution in [1.82, 2.24) is 10.0 Å². The number of hydrogen-bond donors (Lipinski definition) is 2. The number of hydrogen-bond acceptors (Lipinski definition) is 4. The fraction of sp³-hybridized carbons (Fsp3) is 0.267. The fourth-order valence-electron chi connectivity index (χ4n) is 1.96. The average molecular weight is 322 g/mol. The van der Waals surface area contributed by atoms with Crippen LogP contribution >= 0.6 is 0 Å². The molecule has 0 aliphatic carbocycles. The van der Waals surface area contributed by atoms with E-state index in [-0.39, 0.29) is 18.2 Å². The van der Waals surface area contributed by atoms with Crippen molar-refractivity contribution in [3.05, 3.63) is 48.4 Å². The minimum atomic E-state index is -3.19. The van der Waals surface area contributed by atoms with Crippen molar-refractivity contribution in [1.29, 1.82) is 0 Å². The summed E-state index contributed by atoms with van der Waals surface area (Å²) in [5.41, 5.74) is 1.63. The molecule has 0 atom stereocenters. The van der Waals surface area contributed by atoms with Crippen molar-refractivity contribution in [2.24, 2.45) is 0 Å². The van der Waals surface area contributed by atoms with Crippen LogP contribution in [0.2, 0.25) is 0 Å². The molecule has 118 valence electrons. The number of benzene rings is 1. The van der Waals surface area contributed by atoms with Crippen molar-refractivity contribution in [2.45, 2.75) is 6.42 Å². The third-order valence-corrected chi connectivity index (χ3v) is 3.69. The highest BCUT2D eigenvalue weighted by Crippen LogP contribution is 2.24. The standard InChI is InChI=1S/C15H18N2O4S/c1-22(19,20)17-10-5-9-16-15(18)14-13(8-11-21-14)12-6-3-2-4-7-12/h2-4,6-8,11,17H,5,9-10H2,1H3,(H,16,18). The monoisotopic (exact) mass is 322 g/mol. The molecule has 1 aromatic carbocycles. The topological polar surface area (TPSA) is 88.4 Å². The summed E-state index contributed by atoms with van der Waals surface area (Å²) in [5, 5.41) is 2.71. The zero-order chi connectivity index (χ0) is 16.0. The molecule has 2 rings (SSSR count). The van der Waals surface area contributed by atoms with E-state index in [1.165, 1.54) is 6.26 Å². The molecule has 0 saturated carbocycles. The predicted molar refractivity (Wildman–Crippen MR) is 83.9 cm³/mol. The number of rotatable bonds is 7. The van der Waals surface area contributed by atoms with Crippen LogP contribution in [0, 0.1) is 0 Å². The molecule has 22 heavy (non-hydrogen) atoms. The van der Waals surface area contributed by atoms with Gasteiger partial charge >= 0.3 is 0 Å². The molecule has 2 aromatic rings. The number of furan rings is 1. The van der Waals surface area contributed by atoms with E-state index in [2.05, 4.69) is 10.0 Å². The lowest BCUT2D eigenvalue weighted by atomic mass is 10.1. The zero-order valence-electron chi connectivity index (χ0n) is 12.2. The number of sulfonamides is 1. The van der Waals surface area contributed by atoms with E-state index in [9.17, 15) is 13.2 Å². The van der Waals surface area contributed by atoms with E-state index in [0.717, 1.165) is 17.4 Å². The van der Waals surface area contributed by atoms with Crippen LogP contribution in [0.5, 0.6) is 0 Å². The van der Waals surface area contributed by atoms with Gasteiger partial charge in [0.1, 0.15) is 0 Å². The third kappa shape index (κ3) is 4.71. The molecule has 6 nitrogen and oxygen atoms in total. The average Bonchev–Trinajstić information content (AvgIpc) is 2.96. The third-order valence-electron chi connectivity index (χ3n) is 2.96. The van der Waals surface area contributed by atoms with Crippen LogP contribution in [-0.4, -0.2) is 33.7 Å². The first-order valence-electron chi connectivity index (χ1n) is 6.83. The van der Waals surface area contributed by atoms with Crippen LogP contribution in [0.3, 0.4) is 0 Å². The first-order chi connectivity index (χ1) is 10.5. The molecule has 0 spiro atoms. The van der Waals surface area contributed by atoms with Crippen molar-refractivity contribution < 1.29 is 17.6 Å². The fourth-order valence-corrected chi connectivity index (χ4v) is 2.47. The molecule has 0 unspecified atom stereocenters. The summed E-state index contributed by atoms with van der Waals surface area (Å²) in [7, 11) is -3.19. The largest absolute Gasteiger partial charge is 0.459 e. The summed E-state index contributed by atoms with van der Waals surface area (Å²) in [6.07, 6.45) is 3.07. The molecule has 0 aliphatic heterocycles. The Kier molecular flexibility index (Phi) is 5.35. The lowest BCUT2D eigenvalue weighted by molar-refractivity contribution is 0.0926.